The number of nitrogens with zero attached hydrogens (tertiary/aromatic N) is 1. The normalized spacial score (nSPS) is 22.7. The van der Waals surface area contributed by atoms with Gasteiger partial charge in [0, 0.05) is 17.7 Å². The van der Waals surface area contributed by atoms with E-state index in [0.29, 0.717) is 11.8 Å². The maximum Gasteiger partial charge on any atom is 0.197 e. The van der Waals surface area contributed by atoms with E-state index in [2.05, 4.69) is 5.32 Å². The maximum absolute atomic E-state index is 10.3. The van der Waals surface area contributed by atoms with Crippen molar-refractivity contribution in [1.29, 1.82) is 0 Å². The minimum absolute atomic E-state index is 0.318. The molecule has 0 saturated carbocycles. The molecule has 3 rings (SSSR count). The first kappa shape index (κ1) is 13.8. The van der Waals surface area contributed by atoms with Gasteiger partial charge in [0.2, 0.25) is 0 Å². The smallest absolute Gasteiger partial charge is 0.197 e. The van der Waals surface area contributed by atoms with Crippen LogP contribution >= 0.6 is 0 Å². The molecule has 1 atom stereocenters. The van der Waals surface area contributed by atoms with Crippen molar-refractivity contribution in [2.24, 2.45) is 5.92 Å². The van der Waals surface area contributed by atoms with Gasteiger partial charge in [-0.15, -0.1) is 0 Å². The van der Waals surface area contributed by atoms with Crippen molar-refractivity contribution in [3.05, 3.63) is 11.1 Å². The number of aromatic hydroxyl groups is 2. The first-order valence-electron chi connectivity index (χ1n) is 8.10. The highest BCUT2D eigenvalue weighted by molar-refractivity contribution is 5.46. The van der Waals surface area contributed by atoms with Crippen LogP contribution in [0.25, 0.3) is 0 Å². The Morgan fingerprint density at radius 3 is 2.35 bits per heavy atom. The molecule has 4 nitrogen and oxygen atoms in total. The Kier molecular flexibility index (Phi) is 4.20. The molecule has 1 aromatic rings. The molecule has 1 unspecified atom stereocenters. The van der Waals surface area contributed by atoms with E-state index in [1.807, 2.05) is 0 Å². The van der Waals surface area contributed by atoms with Gasteiger partial charge in [-0.1, -0.05) is 0 Å². The third-order valence-corrected chi connectivity index (χ3v) is 4.91. The van der Waals surface area contributed by atoms with Crippen molar-refractivity contribution < 1.29 is 10.2 Å². The van der Waals surface area contributed by atoms with E-state index >= 15 is 0 Å². The summed E-state index contributed by atoms with van der Waals surface area (Å²) in [6.45, 7) is 3.02. The Morgan fingerprint density at radius 2 is 1.75 bits per heavy atom. The predicted octanol–water partition coefficient (Wildman–Crippen LogP) is 2.56. The van der Waals surface area contributed by atoms with E-state index in [-0.39, 0.29) is 0 Å². The van der Waals surface area contributed by atoms with Gasteiger partial charge in [0.05, 0.1) is 0 Å². The third-order valence-electron chi connectivity index (χ3n) is 4.91. The highest BCUT2D eigenvalue weighted by Crippen LogP contribution is 2.38. The summed E-state index contributed by atoms with van der Waals surface area (Å²) in [5.74, 6) is 1.40. The fourth-order valence-corrected chi connectivity index (χ4v) is 3.75. The third kappa shape index (κ3) is 2.66. The van der Waals surface area contributed by atoms with Crippen LogP contribution in [0.1, 0.15) is 49.7 Å². The predicted molar refractivity (Wildman–Crippen MR) is 79.2 cm³/mol. The zero-order valence-corrected chi connectivity index (χ0v) is 12.2. The van der Waals surface area contributed by atoms with Crippen LogP contribution < -0.4 is 5.32 Å². The van der Waals surface area contributed by atoms with Crippen LogP contribution in [0.15, 0.2) is 0 Å². The van der Waals surface area contributed by atoms with Crippen LogP contribution in [-0.2, 0) is 19.4 Å². The van der Waals surface area contributed by atoms with Gasteiger partial charge in [-0.05, 0) is 70.4 Å². The van der Waals surface area contributed by atoms with Crippen molar-refractivity contribution in [1.82, 2.24) is 9.88 Å². The van der Waals surface area contributed by atoms with Crippen LogP contribution in [0, 0.1) is 5.92 Å². The Morgan fingerprint density at radius 1 is 1.05 bits per heavy atom. The van der Waals surface area contributed by atoms with Gasteiger partial charge in [0.1, 0.15) is 0 Å². The van der Waals surface area contributed by atoms with Crippen LogP contribution in [0.5, 0.6) is 11.8 Å². The molecule has 20 heavy (non-hydrogen) atoms. The number of rotatable bonds is 4. The maximum atomic E-state index is 10.3. The molecule has 112 valence electrons. The van der Waals surface area contributed by atoms with E-state index in [9.17, 15) is 10.2 Å². The van der Waals surface area contributed by atoms with Crippen molar-refractivity contribution in [2.45, 2.75) is 57.9 Å². The summed E-state index contributed by atoms with van der Waals surface area (Å²) in [6.07, 6.45) is 8.86. The molecule has 1 aliphatic carbocycles. The number of aromatic nitrogens is 1. The monoisotopic (exact) mass is 278 g/mol. The summed E-state index contributed by atoms with van der Waals surface area (Å²) in [5, 5.41) is 24.0. The quantitative estimate of drug-likeness (QED) is 0.793. The Hall–Kier alpha value is -1.16. The Balaban J connectivity index is 1.61. The number of hydrogen-bond acceptors (Lipinski definition) is 3. The van der Waals surface area contributed by atoms with Crippen LogP contribution in [0.3, 0.4) is 0 Å². The molecular formula is C16H26N2O2. The summed E-state index contributed by atoms with van der Waals surface area (Å²) in [7, 11) is 0. The van der Waals surface area contributed by atoms with Crippen LogP contribution in [-0.4, -0.2) is 27.9 Å². The lowest BCUT2D eigenvalue weighted by Crippen LogP contribution is -2.29. The minimum atomic E-state index is 0.318. The fraction of sp³-hybridized carbons (Fsp3) is 0.750. The van der Waals surface area contributed by atoms with E-state index < -0.39 is 0 Å². The van der Waals surface area contributed by atoms with Crippen LogP contribution in [0.4, 0.5) is 0 Å². The summed E-state index contributed by atoms with van der Waals surface area (Å²) >= 11 is 0. The fourth-order valence-electron chi connectivity index (χ4n) is 3.75. The number of nitrogens with one attached hydrogen (secondary N) is 1. The Bertz CT molecular complexity index is 432. The van der Waals surface area contributed by atoms with E-state index in [0.717, 1.165) is 68.8 Å². The average molecular weight is 278 g/mol. The zero-order chi connectivity index (χ0) is 13.9. The standard InChI is InChI=1S/C16H26N2O2/c19-15-13-7-1-2-8-14(13)16(20)18(15)10-4-6-12-5-3-9-17-11-12/h12,17,19-20H,1-11H2. The molecule has 4 heteroatoms. The second-order valence-corrected chi connectivity index (χ2v) is 6.32. The van der Waals surface area contributed by atoms with Gasteiger partial charge in [-0.25, -0.2) is 0 Å². The molecule has 0 bridgehead atoms. The van der Waals surface area contributed by atoms with Gasteiger partial charge in [0.15, 0.2) is 11.8 Å². The van der Waals surface area contributed by atoms with Crippen LogP contribution in [0.2, 0.25) is 0 Å². The van der Waals surface area contributed by atoms with E-state index in [1.54, 1.807) is 4.57 Å². The molecule has 1 saturated heterocycles. The molecule has 0 spiro atoms. The molecule has 0 amide bonds. The highest BCUT2D eigenvalue weighted by atomic mass is 16.3. The summed E-state index contributed by atoms with van der Waals surface area (Å²) in [4.78, 5) is 0. The Labute approximate surface area is 120 Å². The van der Waals surface area contributed by atoms with Crippen molar-refractivity contribution >= 4 is 0 Å². The molecule has 0 radical (unpaired) electrons. The summed E-state index contributed by atoms with van der Waals surface area (Å²) in [5.41, 5.74) is 1.99. The SMILES string of the molecule is Oc1c2c(c(O)n1CCCC1CCCNC1)CCCC2. The van der Waals surface area contributed by atoms with Crippen molar-refractivity contribution in [3.63, 3.8) is 0 Å². The van der Waals surface area contributed by atoms with Gasteiger partial charge in [-0.2, -0.15) is 0 Å². The second-order valence-electron chi connectivity index (χ2n) is 6.32. The highest BCUT2D eigenvalue weighted by Gasteiger charge is 2.24. The van der Waals surface area contributed by atoms with Crippen molar-refractivity contribution in [2.75, 3.05) is 13.1 Å². The summed E-state index contributed by atoms with van der Waals surface area (Å²) in [6, 6.07) is 0. The summed E-state index contributed by atoms with van der Waals surface area (Å²) < 4.78 is 1.73. The molecule has 1 aliphatic heterocycles. The molecular weight excluding hydrogens is 252 g/mol. The van der Waals surface area contributed by atoms with E-state index in [1.165, 1.54) is 19.3 Å². The number of piperidine rings is 1. The molecule has 2 aliphatic rings. The van der Waals surface area contributed by atoms with Crippen molar-refractivity contribution in [3.8, 4) is 11.8 Å². The lowest BCUT2D eigenvalue weighted by molar-refractivity contribution is 0.324. The molecule has 3 N–H and O–H groups in total. The second kappa shape index (κ2) is 6.08. The molecule has 1 aromatic heterocycles. The molecule has 2 heterocycles. The largest absolute Gasteiger partial charge is 0.494 e. The first-order valence-corrected chi connectivity index (χ1v) is 8.10. The number of fused-ring (bicyclic) bond motifs is 1. The van der Waals surface area contributed by atoms with Gasteiger partial charge in [0.25, 0.3) is 0 Å². The molecule has 1 fully saturated rings. The lowest BCUT2D eigenvalue weighted by atomic mass is 9.95. The first-order chi connectivity index (χ1) is 9.77. The topological polar surface area (TPSA) is 57.4 Å². The van der Waals surface area contributed by atoms with E-state index in [4.69, 9.17) is 0 Å². The minimum Gasteiger partial charge on any atom is -0.494 e. The average Bonchev–Trinajstić information content (AvgIpc) is 2.74. The van der Waals surface area contributed by atoms with Gasteiger partial charge in [-0.3, -0.25) is 4.57 Å². The molecule has 0 aromatic carbocycles. The number of hydrogen-bond donors (Lipinski definition) is 3. The van der Waals surface area contributed by atoms with Gasteiger partial charge >= 0.3 is 0 Å². The van der Waals surface area contributed by atoms with Gasteiger partial charge < -0.3 is 15.5 Å². The zero-order valence-electron chi connectivity index (χ0n) is 12.2. The lowest BCUT2D eigenvalue weighted by Gasteiger charge is -2.22.